The number of thiazole rings is 1. The van der Waals surface area contributed by atoms with Crippen LogP contribution in [0.25, 0.3) is 10.6 Å². The minimum Gasteiger partial charge on any atom is -0.326 e. The van der Waals surface area contributed by atoms with Gasteiger partial charge in [0.25, 0.3) is 0 Å². The van der Waals surface area contributed by atoms with Gasteiger partial charge in [-0.3, -0.25) is 4.79 Å². The Morgan fingerprint density at radius 1 is 1.40 bits per heavy atom. The molecule has 0 atom stereocenters. The third-order valence-corrected chi connectivity index (χ3v) is 3.48. The summed E-state index contributed by atoms with van der Waals surface area (Å²) in [7, 11) is 1.88. The SMILES string of the molecule is CNCCCC(=O)Nc1cccc(-c2nccs2)c1.Cl. The Hall–Kier alpha value is -1.43. The van der Waals surface area contributed by atoms with Crippen LogP contribution in [0.5, 0.6) is 0 Å². The third kappa shape index (κ3) is 4.92. The average molecular weight is 312 g/mol. The molecule has 0 aliphatic heterocycles. The van der Waals surface area contributed by atoms with Gasteiger partial charge in [0.2, 0.25) is 5.91 Å². The number of hydrogen-bond donors (Lipinski definition) is 2. The Kier molecular flexibility index (Phi) is 7.22. The maximum atomic E-state index is 11.7. The fourth-order valence-electron chi connectivity index (χ4n) is 1.75. The molecule has 2 aromatic rings. The molecule has 108 valence electrons. The van der Waals surface area contributed by atoms with Gasteiger partial charge >= 0.3 is 0 Å². The second-order valence-electron chi connectivity index (χ2n) is 4.17. The van der Waals surface area contributed by atoms with Crippen LogP contribution in [0, 0.1) is 0 Å². The number of carbonyl (C=O) groups excluding carboxylic acids is 1. The Morgan fingerprint density at radius 3 is 2.95 bits per heavy atom. The van der Waals surface area contributed by atoms with Gasteiger partial charge in [-0.05, 0) is 32.1 Å². The van der Waals surface area contributed by atoms with E-state index in [0.717, 1.165) is 29.2 Å². The van der Waals surface area contributed by atoms with Crippen LogP contribution in [-0.4, -0.2) is 24.5 Å². The van der Waals surface area contributed by atoms with Gasteiger partial charge in [-0.25, -0.2) is 4.98 Å². The van der Waals surface area contributed by atoms with Gasteiger partial charge in [-0.15, -0.1) is 23.7 Å². The highest BCUT2D eigenvalue weighted by atomic mass is 35.5. The first-order valence-corrected chi connectivity index (χ1v) is 7.12. The molecule has 0 spiro atoms. The highest BCUT2D eigenvalue weighted by molar-refractivity contribution is 7.13. The van der Waals surface area contributed by atoms with E-state index >= 15 is 0 Å². The van der Waals surface area contributed by atoms with Crippen LogP contribution in [-0.2, 0) is 4.79 Å². The quantitative estimate of drug-likeness (QED) is 0.806. The second kappa shape index (κ2) is 8.68. The van der Waals surface area contributed by atoms with Crippen LogP contribution in [0.3, 0.4) is 0 Å². The normalized spacial score (nSPS) is 9.85. The van der Waals surface area contributed by atoms with Crippen LogP contribution in [0.1, 0.15) is 12.8 Å². The van der Waals surface area contributed by atoms with Gasteiger partial charge < -0.3 is 10.6 Å². The maximum Gasteiger partial charge on any atom is 0.224 e. The topological polar surface area (TPSA) is 54.0 Å². The number of benzene rings is 1. The Morgan fingerprint density at radius 2 is 2.25 bits per heavy atom. The van der Waals surface area contributed by atoms with E-state index in [0.29, 0.717) is 6.42 Å². The van der Waals surface area contributed by atoms with Crippen molar-refractivity contribution in [3.8, 4) is 10.6 Å². The van der Waals surface area contributed by atoms with Crippen molar-refractivity contribution in [2.24, 2.45) is 0 Å². The number of halogens is 1. The van der Waals surface area contributed by atoms with E-state index in [1.54, 1.807) is 17.5 Å². The lowest BCUT2D eigenvalue weighted by molar-refractivity contribution is -0.116. The predicted octanol–water partition coefficient (Wildman–Crippen LogP) is 3.17. The van der Waals surface area contributed by atoms with Gasteiger partial charge in [0, 0.05) is 29.2 Å². The molecule has 0 radical (unpaired) electrons. The Bertz CT molecular complexity index is 531. The number of aromatic nitrogens is 1. The van der Waals surface area contributed by atoms with E-state index in [4.69, 9.17) is 0 Å². The summed E-state index contributed by atoms with van der Waals surface area (Å²) in [5.41, 5.74) is 1.85. The molecule has 6 heteroatoms. The summed E-state index contributed by atoms with van der Waals surface area (Å²) in [5, 5.41) is 8.85. The van der Waals surface area contributed by atoms with Gasteiger partial charge in [-0.2, -0.15) is 0 Å². The van der Waals surface area contributed by atoms with Crippen LogP contribution >= 0.6 is 23.7 Å². The molecule has 0 fully saturated rings. The monoisotopic (exact) mass is 311 g/mol. The molecule has 2 rings (SSSR count). The zero-order valence-corrected chi connectivity index (χ0v) is 12.9. The minimum absolute atomic E-state index is 0. The molecule has 0 aliphatic carbocycles. The molecule has 4 nitrogen and oxygen atoms in total. The average Bonchev–Trinajstić information content (AvgIpc) is 2.93. The zero-order valence-electron chi connectivity index (χ0n) is 11.3. The fraction of sp³-hybridized carbons (Fsp3) is 0.286. The highest BCUT2D eigenvalue weighted by Crippen LogP contribution is 2.24. The molecular formula is C14H18ClN3OS. The summed E-state index contributed by atoms with van der Waals surface area (Å²) in [4.78, 5) is 16.0. The van der Waals surface area contributed by atoms with Crippen molar-refractivity contribution in [3.63, 3.8) is 0 Å². The zero-order chi connectivity index (χ0) is 13.5. The highest BCUT2D eigenvalue weighted by Gasteiger charge is 2.04. The van der Waals surface area contributed by atoms with Crippen molar-refractivity contribution in [3.05, 3.63) is 35.8 Å². The van der Waals surface area contributed by atoms with E-state index in [9.17, 15) is 4.79 Å². The van der Waals surface area contributed by atoms with Gasteiger partial charge in [0.1, 0.15) is 5.01 Å². The summed E-state index contributed by atoms with van der Waals surface area (Å²) >= 11 is 1.59. The van der Waals surface area contributed by atoms with Gasteiger partial charge in [0.15, 0.2) is 0 Å². The number of carbonyl (C=O) groups is 1. The molecule has 0 bridgehead atoms. The summed E-state index contributed by atoms with van der Waals surface area (Å²) in [6, 6.07) is 7.78. The number of hydrogen-bond acceptors (Lipinski definition) is 4. The molecule has 1 aromatic heterocycles. The molecule has 2 N–H and O–H groups in total. The molecule has 0 aliphatic rings. The maximum absolute atomic E-state index is 11.7. The van der Waals surface area contributed by atoms with Crippen molar-refractivity contribution in [1.82, 2.24) is 10.3 Å². The van der Waals surface area contributed by atoms with E-state index < -0.39 is 0 Å². The third-order valence-electron chi connectivity index (χ3n) is 2.66. The van der Waals surface area contributed by atoms with Crippen molar-refractivity contribution in [1.29, 1.82) is 0 Å². The van der Waals surface area contributed by atoms with Crippen molar-refractivity contribution in [2.45, 2.75) is 12.8 Å². The lowest BCUT2D eigenvalue weighted by Crippen LogP contribution is -2.15. The summed E-state index contributed by atoms with van der Waals surface area (Å²) in [6.45, 7) is 0.854. The number of nitrogens with zero attached hydrogens (tertiary/aromatic N) is 1. The molecule has 0 saturated heterocycles. The fourth-order valence-corrected chi connectivity index (χ4v) is 2.38. The molecular weight excluding hydrogens is 294 g/mol. The summed E-state index contributed by atoms with van der Waals surface area (Å²) in [6.07, 6.45) is 3.15. The largest absolute Gasteiger partial charge is 0.326 e. The Balaban J connectivity index is 0.00000200. The van der Waals surface area contributed by atoms with Crippen molar-refractivity contribution < 1.29 is 4.79 Å². The number of amides is 1. The number of rotatable bonds is 6. The summed E-state index contributed by atoms with van der Waals surface area (Å²) < 4.78 is 0. The molecule has 1 heterocycles. The number of nitrogens with one attached hydrogen (secondary N) is 2. The molecule has 1 aromatic carbocycles. The summed E-state index contributed by atoms with van der Waals surface area (Å²) in [5.74, 6) is 0.0477. The molecule has 0 saturated carbocycles. The standard InChI is InChI=1S/C14H17N3OS.ClH/c1-15-7-3-6-13(18)17-12-5-2-4-11(10-12)14-16-8-9-19-14;/h2,4-5,8-10,15H,3,6-7H2,1H3,(H,17,18);1H. The lowest BCUT2D eigenvalue weighted by atomic mass is 10.2. The number of anilines is 1. The molecule has 20 heavy (non-hydrogen) atoms. The predicted molar refractivity (Wildman–Crippen MR) is 86.6 cm³/mol. The first-order chi connectivity index (χ1) is 9.29. The second-order valence-corrected chi connectivity index (χ2v) is 5.07. The molecule has 0 unspecified atom stereocenters. The van der Waals surface area contributed by atoms with Crippen LogP contribution in [0.2, 0.25) is 0 Å². The first kappa shape index (κ1) is 16.6. The van der Waals surface area contributed by atoms with Gasteiger partial charge in [-0.1, -0.05) is 12.1 Å². The van der Waals surface area contributed by atoms with Crippen LogP contribution < -0.4 is 10.6 Å². The lowest BCUT2D eigenvalue weighted by Gasteiger charge is -2.06. The molecule has 1 amide bonds. The smallest absolute Gasteiger partial charge is 0.224 e. The van der Waals surface area contributed by atoms with Gasteiger partial charge in [0.05, 0.1) is 0 Å². The Labute approximate surface area is 129 Å². The van der Waals surface area contributed by atoms with E-state index in [2.05, 4.69) is 15.6 Å². The van der Waals surface area contributed by atoms with Crippen molar-refractivity contribution >= 4 is 35.3 Å². The minimum atomic E-state index is 0. The van der Waals surface area contributed by atoms with Crippen LogP contribution in [0.15, 0.2) is 35.8 Å². The van der Waals surface area contributed by atoms with E-state index in [-0.39, 0.29) is 18.3 Å². The first-order valence-electron chi connectivity index (χ1n) is 6.24. The van der Waals surface area contributed by atoms with Crippen LogP contribution in [0.4, 0.5) is 5.69 Å². The van der Waals surface area contributed by atoms with Crippen molar-refractivity contribution in [2.75, 3.05) is 18.9 Å². The van der Waals surface area contributed by atoms with E-state index in [1.807, 2.05) is 36.7 Å². The van der Waals surface area contributed by atoms with E-state index in [1.165, 1.54) is 0 Å².